The van der Waals surface area contributed by atoms with Crippen molar-refractivity contribution in [3.8, 4) is 0 Å². The number of carbonyl (C=O) groups excluding carboxylic acids is 2. The van der Waals surface area contributed by atoms with E-state index in [9.17, 15) is 9.59 Å². The summed E-state index contributed by atoms with van der Waals surface area (Å²) in [6.07, 6.45) is 9.11. The van der Waals surface area contributed by atoms with Crippen LogP contribution in [0.1, 0.15) is 42.1 Å². The Bertz CT molecular complexity index is 798. The number of hydrogen-bond donors (Lipinski definition) is 0. The molecule has 1 aromatic carbocycles. The van der Waals surface area contributed by atoms with E-state index in [2.05, 4.69) is 25.5 Å². The Hall–Kier alpha value is -2.15. The molecule has 4 rings (SSSR count). The quantitative estimate of drug-likeness (QED) is 0.751. The molecule has 0 radical (unpaired) electrons. The van der Waals surface area contributed by atoms with Gasteiger partial charge in [-0.3, -0.25) is 9.59 Å². The Balaban J connectivity index is 1.40. The molecule has 2 aromatic rings. The molecule has 2 aliphatic rings. The Labute approximate surface area is 167 Å². The number of amides is 2. The maximum absolute atomic E-state index is 13.1. The highest BCUT2D eigenvalue weighted by Crippen LogP contribution is 2.27. The van der Waals surface area contributed by atoms with Crippen LogP contribution in [-0.4, -0.2) is 56.8 Å². The molecule has 0 spiro atoms. The van der Waals surface area contributed by atoms with Gasteiger partial charge in [-0.1, -0.05) is 15.9 Å². The van der Waals surface area contributed by atoms with Gasteiger partial charge in [-0.25, -0.2) is 4.98 Å². The van der Waals surface area contributed by atoms with Gasteiger partial charge < -0.3 is 14.4 Å². The second kappa shape index (κ2) is 7.84. The highest BCUT2D eigenvalue weighted by Gasteiger charge is 2.37. The van der Waals surface area contributed by atoms with Gasteiger partial charge in [0.15, 0.2) is 0 Å². The van der Waals surface area contributed by atoms with Gasteiger partial charge in [0, 0.05) is 48.1 Å². The van der Waals surface area contributed by atoms with E-state index in [1.54, 1.807) is 11.1 Å². The summed E-state index contributed by atoms with van der Waals surface area (Å²) in [4.78, 5) is 33.8. The number of likely N-dealkylation sites (tertiary alicyclic amines) is 2. The third-order valence-corrected chi connectivity index (χ3v) is 6.14. The third kappa shape index (κ3) is 3.78. The maximum Gasteiger partial charge on any atom is 0.254 e. The minimum absolute atomic E-state index is 0.0494. The van der Waals surface area contributed by atoms with Crippen LogP contribution in [0.25, 0.3) is 0 Å². The molecule has 2 saturated heterocycles. The number of nitrogens with zero attached hydrogens (tertiary/aromatic N) is 4. The molecule has 2 fully saturated rings. The van der Waals surface area contributed by atoms with Gasteiger partial charge in [-0.2, -0.15) is 0 Å². The van der Waals surface area contributed by atoms with Gasteiger partial charge in [-0.05, 0) is 49.9 Å². The minimum Gasteiger partial charge on any atom is -0.341 e. The summed E-state index contributed by atoms with van der Waals surface area (Å²) in [5, 5.41) is 0. The third-order valence-electron chi connectivity index (χ3n) is 5.61. The zero-order valence-electron chi connectivity index (χ0n) is 15.1. The van der Waals surface area contributed by atoms with Gasteiger partial charge >= 0.3 is 0 Å². The van der Waals surface area contributed by atoms with Crippen LogP contribution in [0.5, 0.6) is 0 Å². The van der Waals surface area contributed by atoms with Crippen molar-refractivity contribution in [2.45, 2.75) is 37.8 Å². The van der Waals surface area contributed by atoms with Gasteiger partial charge in [0.1, 0.15) is 6.04 Å². The summed E-state index contributed by atoms with van der Waals surface area (Å²) >= 11 is 3.39. The molecule has 1 atom stereocenters. The topological polar surface area (TPSA) is 58.4 Å². The number of carbonyl (C=O) groups is 2. The van der Waals surface area contributed by atoms with Crippen molar-refractivity contribution in [3.63, 3.8) is 0 Å². The Morgan fingerprint density at radius 1 is 1.04 bits per heavy atom. The van der Waals surface area contributed by atoms with E-state index in [0.717, 1.165) is 43.2 Å². The largest absolute Gasteiger partial charge is 0.341 e. The van der Waals surface area contributed by atoms with Crippen molar-refractivity contribution in [2.75, 3.05) is 19.6 Å². The van der Waals surface area contributed by atoms with Crippen LogP contribution in [0.2, 0.25) is 0 Å². The molecule has 2 amide bonds. The first-order valence-corrected chi connectivity index (χ1v) is 10.3. The number of imidazole rings is 1. The average molecular weight is 431 g/mol. The zero-order valence-corrected chi connectivity index (χ0v) is 16.7. The Morgan fingerprint density at radius 3 is 2.44 bits per heavy atom. The van der Waals surface area contributed by atoms with Crippen LogP contribution in [0.4, 0.5) is 0 Å². The summed E-state index contributed by atoms with van der Waals surface area (Å²) in [5.74, 6) is 0.0497. The zero-order chi connectivity index (χ0) is 18.8. The van der Waals surface area contributed by atoms with Crippen molar-refractivity contribution in [2.24, 2.45) is 0 Å². The molecule has 2 aliphatic heterocycles. The van der Waals surface area contributed by atoms with Crippen LogP contribution in [0, 0.1) is 0 Å². The van der Waals surface area contributed by atoms with Gasteiger partial charge in [0.2, 0.25) is 5.91 Å². The molecule has 3 heterocycles. The summed E-state index contributed by atoms with van der Waals surface area (Å²) < 4.78 is 3.06. The summed E-state index contributed by atoms with van der Waals surface area (Å²) in [6.45, 7) is 2.12. The van der Waals surface area contributed by atoms with Crippen molar-refractivity contribution in [3.05, 3.63) is 53.0 Å². The summed E-state index contributed by atoms with van der Waals surface area (Å²) in [7, 11) is 0. The predicted octanol–water partition coefficient (Wildman–Crippen LogP) is 3.11. The van der Waals surface area contributed by atoms with Gasteiger partial charge in [0.05, 0.1) is 6.33 Å². The van der Waals surface area contributed by atoms with Crippen molar-refractivity contribution in [1.82, 2.24) is 19.4 Å². The highest BCUT2D eigenvalue weighted by molar-refractivity contribution is 9.10. The van der Waals surface area contributed by atoms with Crippen molar-refractivity contribution >= 4 is 27.7 Å². The lowest BCUT2D eigenvalue weighted by Gasteiger charge is -2.36. The number of rotatable bonds is 3. The smallest absolute Gasteiger partial charge is 0.254 e. The van der Waals surface area contributed by atoms with E-state index in [0.29, 0.717) is 18.2 Å². The lowest BCUT2D eigenvalue weighted by Crippen LogP contribution is -2.50. The first kappa shape index (κ1) is 18.2. The monoisotopic (exact) mass is 430 g/mol. The van der Waals surface area contributed by atoms with Crippen LogP contribution < -0.4 is 0 Å². The Morgan fingerprint density at radius 2 is 1.78 bits per heavy atom. The van der Waals surface area contributed by atoms with E-state index in [-0.39, 0.29) is 17.9 Å². The fraction of sp³-hybridized carbons (Fsp3) is 0.450. The maximum atomic E-state index is 13.1. The molecule has 0 aliphatic carbocycles. The molecule has 7 heteroatoms. The number of aromatic nitrogens is 2. The molecular weight excluding hydrogens is 408 g/mol. The van der Waals surface area contributed by atoms with E-state index < -0.39 is 0 Å². The fourth-order valence-corrected chi connectivity index (χ4v) is 4.37. The molecule has 6 nitrogen and oxygen atoms in total. The molecule has 1 aromatic heterocycles. The van der Waals surface area contributed by atoms with Crippen LogP contribution in [0.3, 0.4) is 0 Å². The second-order valence-electron chi connectivity index (χ2n) is 7.23. The first-order valence-electron chi connectivity index (χ1n) is 9.46. The predicted molar refractivity (Wildman–Crippen MR) is 105 cm³/mol. The van der Waals surface area contributed by atoms with Crippen molar-refractivity contribution < 1.29 is 9.59 Å². The molecule has 27 heavy (non-hydrogen) atoms. The summed E-state index contributed by atoms with van der Waals surface area (Å²) in [5.41, 5.74) is 0.636. The second-order valence-corrected chi connectivity index (χ2v) is 8.15. The van der Waals surface area contributed by atoms with E-state index in [1.807, 2.05) is 41.7 Å². The SMILES string of the molecule is O=C(C1CCCN1C(=O)c1ccc(Br)cc1)N1CCC(n2ccnc2)CC1. The average Bonchev–Trinajstić information content (AvgIpc) is 3.40. The van der Waals surface area contributed by atoms with Gasteiger partial charge in [-0.15, -0.1) is 0 Å². The standard InChI is InChI=1S/C20H23BrN4O2/c21-16-5-3-15(4-6-16)19(26)25-10-1-2-18(25)20(27)23-11-7-17(8-12-23)24-13-9-22-14-24/h3-6,9,13-14,17-18H,1-2,7-8,10-12H2. The van der Waals surface area contributed by atoms with E-state index >= 15 is 0 Å². The summed E-state index contributed by atoms with van der Waals surface area (Å²) in [6, 6.07) is 7.42. The lowest BCUT2D eigenvalue weighted by atomic mass is 10.0. The first-order chi connectivity index (χ1) is 13.1. The lowest BCUT2D eigenvalue weighted by molar-refractivity contribution is -0.136. The minimum atomic E-state index is -0.328. The van der Waals surface area contributed by atoms with Crippen LogP contribution >= 0.6 is 15.9 Å². The van der Waals surface area contributed by atoms with Gasteiger partial charge in [0.25, 0.3) is 5.91 Å². The number of piperidine rings is 1. The normalized spacial score (nSPS) is 20.9. The fourth-order valence-electron chi connectivity index (χ4n) is 4.11. The van der Waals surface area contributed by atoms with Crippen LogP contribution in [0.15, 0.2) is 47.5 Å². The molecule has 0 bridgehead atoms. The van der Waals surface area contributed by atoms with E-state index in [4.69, 9.17) is 0 Å². The highest BCUT2D eigenvalue weighted by atomic mass is 79.9. The molecule has 0 saturated carbocycles. The molecular formula is C20H23BrN4O2. The molecule has 0 N–H and O–H groups in total. The van der Waals surface area contributed by atoms with Crippen LogP contribution in [-0.2, 0) is 4.79 Å². The number of halogens is 1. The molecule has 142 valence electrons. The van der Waals surface area contributed by atoms with Crippen molar-refractivity contribution in [1.29, 1.82) is 0 Å². The number of benzene rings is 1. The Kier molecular flexibility index (Phi) is 5.29. The molecule has 1 unspecified atom stereocenters. The number of hydrogen-bond acceptors (Lipinski definition) is 3. The van der Waals surface area contributed by atoms with E-state index in [1.165, 1.54) is 0 Å².